The van der Waals surface area contributed by atoms with Crippen molar-refractivity contribution in [2.75, 3.05) is 13.1 Å². The van der Waals surface area contributed by atoms with E-state index >= 15 is 0 Å². The van der Waals surface area contributed by atoms with E-state index in [1.54, 1.807) is 0 Å². The minimum Gasteiger partial charge on any atom is -0.487 e. The van der Waals surface area contributed by atoms with Crippen molar-refractivity contribution in [1.82, 2.24) is 9.62 Å². The first-order valence-electron chi connectivity index (χ1n) is 10.9. The molecule has 2 aromatic rings. The van der Waals surface area contributed by atoms with Gasteiger partial charge < -0.3 is 10.1 Å². The van der Waals surface area contributed by atoms with Gasteiger partial charge in [-0.2, -0.15) is 4.31 Å². The highest BCUT2D eigenvalue weighted by Crippen LogP contribution is 2.40. The summed E-state index contributed by atoms with van der Waals surface area (Å²) in [4.78, 5) is 13.1. The molecule has 172 valence electrons. The Morgan fingerprint density at radius 1 is 1.12 bits per heavy atom. The largest absolute Gasteiger partial charge is 0.487 e. The lowest BCUT2D eigenvalue weighted by molar-refractivity contribution is -0.127. The van der Waals surface area contributed by atoms with Gasteiger partial charge in [0.15, 0.2) is 0 Å². The summed E-state index contributed by atoms with van der Waals surface area (Å²) in [5.74, 6) is 0.00620. The average Bonchev–Trinajstić information content (AvgIpc) is 2.73. The number of amides is 1. The molecule has 0 aromatic heterocycles. The van der Waals surface area contributed by atoms with Gasteiger partial charge in [-0.05, 0) is 69.5 Å². The Bertz CT molecular complexity index is 1110. The molecule has 0 saturated carbocycles. The summed E-state index contributed by atoms with van der Waals surface area (Å²) in [6, 6.07) is 10.7. The summed E-state index contributed by atoms with van der Waals surface area (Å²) in [6.07, 6.45) is 1.55. The summed E-state index contributed by atoms with van der Waals surface area (Å²) in [6.45, 7) is 6.54. The third kappa shape index (κ3) is 4.66. The smallest absolute Gasteiger partial charge is 0.243 e. The molecule has 0 unspecified atom stereocenters. The highest BCUT2D eigenvalue weighted by Gasteiger charge is 2.37. The van der Waals surface area contributed by atoms with E-state index in [9.17, 15) is 17.6 Å². The molecule has 1 saturated heterocycles. The first-order chi connectivity index (χ1) is 15.0. The number of aryl methyl sites for hydroxylation is 1. The number of carbonyl (C=O) groups excluding carboxylic acids is 1. The van der Waals surface area contributed by atoms with Gasteiger partial charge in [0.1, 0.15) is 17.2 Å². The maximum Gasteiger partial charge on any atom is 0.243 e. The number of nitrogens with one attached hydrogen (secondary N) is 1. The van der Waals surface area contributed by atoms with Gasteiger partial charge in [0.05, 0.1) is 10.9 Å². The fraction of sp³-hybridized carbons (Fsp3) is 0.458. The number of piperidine rings is 1. The van der Waals surface area contributed by atoms with Crippen LogP contribution in [0.25, 0.3) is 0 Å². The van der Waals surface area contributed by atoms with E-state index in [1.165, 1.54) is 16.4 Å². The number of carbonyl (C=O) groups is 1. The van der Waals surface area contributed by atoms with Crippen LogP contribution < -0.4 is 10.1 Å². The Morgan fingerprint density at radius 3 is 2.44 bits per heavy atom. The van der Waals surface area contributed by atoms with Gasteiger partial charge in [-0.15, -0.1) is 0 Å². The van der Waals surface area contributed by atoms with E-state index in [2.05, 4.69) is 5.32 Å². The predicted molar refractivity (Wildman–Crippen MR) is 119 cm³/mol. The first kappa shape index (κ1) is 22.7. The maximum atomic E-state index is 13.1. The van der Waals surface area contributed by atoms with Crippen molar-refractivity contribution in [3.05, 3.63) is 59.4 Å². The zero-order valence-corrected chi connectivity index (χ0v) is 19.4. The lowest BCUT2D eigenvalue weighted by Crippen LogP contribution is -2.46. The van der Waals surface area contributed by atoms with Crippen LogP contribution in [0.2, 0.25) is 0 Å². The molecule has 2 aromatic carbocycles. The predicted octanol–water partition coefficient (Wildman–Crippen LogP) is 3.95. The minimum atomic E-state index is -3.70. The van der Waals surface area contributed by atoms with Crippen molar-refractivity contribution >= 4 is 15.9 Å². The summed E-state index contributed by atoms with van der Waals surface area (Å²) < 4.78 is 46.3. The molecule has 6 nitrogen and oxygen atoms in total. The molecule has 1 amide bonds. The van der Waals surface area contributed by atoms with E-state index in [0.29, 0.717) is 19.3 Å². The van der Waals surface area contributed by atoms with E-state index in [0.717, 1.165) is 29.0 Å². The standard InChI is InChI=1S/C24H29FN2O4S/c1-16-4-9-20-21(15-24(2,3)31-22(20)14-16)26-23(28)17-10-12-27(13-11-17)32(29,30)19-7-5-18(25)6-8-19/h4-9,14,17,21H,10-13,15H2,1-3H3,(H,26,28)/t21-/m0/s1. The second-order valence-electron chi connectivity index (χ2n) is 9.30. The average molecular weight is 461 g/mol. The number of hydrogen-bond acceptors (Lipinski definition) is 4. The molecule has 0 radical (unpaired) electrons. The fourth-order valence-electron chi connectivity index (χ4n) is 4.49. The summed E-state index contributed by atoms with van der Waals surface area (Å²) in [7, 11) is -3.70. The van der Waals surface area contributed by atoms with Crippen molar-refractivity contribution in [3.63, 3.8) is 0 Å². The maximum absolute atomic E-state index is 13.1. The Hall–Kier alpha value is -2.45. The van der Waals surface area contributed by atoms with Crippen LogP contribution >= 0.6 is 0 Å². The van der Waals surface area contributed by atoms with Crippen molar-refractivity contribution in [1.29, 1.82) is 0 Å². The van der Waals surface area contributed by atoms with Crippen molar-refractivity contribution in [3.8, 4) is 5.75 Å². The number of rotatable bonds is 4. The van der Waals surface area contributed by atoms with E-state index < -0.39 is 21.4 Å². The number of benzene rings is 2. The summed E-state index contributed by atoms with van der Waals surface area (Å²) in [5.41, 5.74) is 1.67. The zero-order valence-electron chi connectivity index (χ0n) is 18.6. The SMILES string of the molecule is Cc1ccc2c(c1)OC(C)(C)C[C@@H]2NC(=O)C1CCN(S(=O)(=O)c2ccc(F)cc2)CC1. The number of sulfonamides is 1. The van der Waals surface area contributed by atoms with E-state index in [-0.39, 0.29) is 35.9 Å². The van der Waals surface area contributed by atoms with Gasteiger partial charge in [-0.3, -0.25) is 4.79 Å². The second-order valence-corrected chi connectivity index (χ2v) is 11.2. The molecule has 0 aliphatic carbocycles. The Morgan fingerprint density at radius 2 is 1.78 bits per heavy atom. The summed E-state index contributed by atoms with van der Waals surface area (Å²) in [5, 5.41) is 3.18. The number of nitrogens with zero attached hydrogens (tertiary/aromatic N) is 1. The zero-order chi connectivity index (χ0) is 23.1. The molecule has 1 atom stereocenters. The number of fused-ring (bicyclic) bond motifs is 1. The molecule has 2 aliphatic heterocycles. The lowest BCUT2D eigenvalue weighted by atomic mass is 9.88. The van der Waals surface area contributed by atoms with Crippen molar-refractivity contribution in [2.45, 2.75) is 56.6 Å². The van der Waals surface area contributed by atoms with Crippen molar-refractivity contribution < 1.29 is 22.3 Å². The minimum absolute atomic E-state index is 0.0574. The van der Waals surface area contributed by atoms with Crippen LogP contribution in [0.4, 0.5) is 4.39 Å². The van der Waals surface area contributed by atoms with Crippen LogP contribution in [0.3, 0.4) is 0 Å². The first-order valence-corrected chi connectivity index (χ1v) is 12.3. The third-order valence-corrected chi connectivity index (χ3v) is 8.13. The van der Waals surface area contributed by atoms with Crippen LogP contribution in [0, 0.1) is 18.7 Å². The molecule has 2 heterocycles. The quantitative estimate of drug-likeness (QED) is 0.750. The monoisotopic (exact) mass is 460 g/mol. The molecule has 8 heteroatoms. The van der Waals surface area contributed by atoms with Crippen LogP contribution in [-0.4, -0.2) is 37.3 Å². The van der Waals surface area contributed by atoms with Crippen LogP contribution in [-0.2, 0) is 14.8 Å². The number of halogens is 1. The molecule has 1 fully saturated rings. The van der Waals surface area contributed by atoms with Crippen LogP contribution in [0.1, 0.15) is 50.3 Å². The van der Waals surface area contributed by atoms with Gasteiger partial charge in [0, 0.05) is 31.0 Å². The Balaban J connectivity index is 1.42. The number of ether oxygens (including phenoxy) is 1. The van der Waals surface area contributed by atoms with Crippen molar-refractivity contribution in [2.24, 2.45) is 5.92 Å². The second kappa shape index (κ2) is 8.48. The molecule has 32 heavy (non-hydrogen) atoms. The fourth-order valence-corrected chi connectivity index (χ4v) is 5.96. The normalized spacial score (nSPS) is 21.4. The van der Waals surface area contributed by atoms with Gasteiger partial charge in [-0.1, -0.05) is 12.1 Å². The molecule has 0 spiro atoms. The lowest BCUT2D eigenvalue weighted by Gasteiger charge is -2.39. The molecule has 1 N–H and O–H groups in total. The van der Waals surface area contributed by atoms with Gasteiger partial charge >= 0.3 is 0 Å². The molecular weight excluding hydrogens is 431 g/mol. The Labute approximate surface area is 188 Å². The highest BCUT2D eigenvalue weighted by atomic mass is 32.2. The number of hydrogen-bond donors (Lipinski definition) is 1. The highest BCUT2D eigenvalue weighted by molar-refractivity contribution is 7.89. The molecular formula is C24H29FN2O4S. The van der Waals surface area contributed by atoms with Gasteiger partial charge in [0.25, 0.3) is 0 Å². The molecule has 2 aliphatic rings. The topological polar surface area (TPSA) is 75.7 Å². The summed E-state index contributed by atoms with van der Waals surface area (Å²) >= 11 is 0. The van der Waals surface area contributed by atoms with Gasteiger partial charge in [0.2, 0.25) is 15.9 Å². The van der Waals surface area contributed by atoms with Gasteiger partial charge in [-0.25, -0.2) is 12.8 Å². The Kier molecular flexibility index (Phi) is 6.02. The molecule has 0 bridgehead atoms. The van der Waals surface area contributed by atoms with E-state index in [4.69, 9.17) is 4.74 Å². The van der Waals surface area contributed by atoms with Crippen LogP contribution in [0.5, 0.6) is 5.75 Å². The van der Waals surface area contributed by atoms with Crippen LogP contribution in [0.15, 0.2) is 47.4 Å². The van der Waals surface area contributed by atoms with E-state index in [1.807, 2.05) is 39.0 Å². The third-order valence-electron chi connectivity index (χ3n) is 6.22. The molecule has 4 rings (SSSR count).